The number of para-hydroxylation sites is 1. The van der Waals surface area contributed by atoms with Gasteiger partial charge in [-0.25, -0.2) is 14.2 Å². The van der Waals surface area contributed by atoms with Gasteiger partial charge in [0.15, 0.2) is 22.5 Å². The van der Waals surface area contributed by atoms with Gasteiger partial charge in [0.2, 0.25) is 0 Å². The van der Waals surface area contributed by atoms with E-state index in [4.69, 9.17) is 4.74 Å². The van der Waals surface area contributed by atoms with Crippen LogP contribution >= 0.6 is 30.6 Å². The van der Waals surface area contributed by atoms with Gasteiger partial charge in [-0.05, 0) is 57.1 Å². The van der Waals surface area contributed by atoms with Gasteiger partial charge in [0.05, 0.1) is 23.4 Å². The topological polar surface area (TPSA) is 166 Å². The van der Waals surface area contributed by atoms with Crippen LogP contribution in [0.1, 0.15) is 45.8 Å². The van der Waals surface area contributed by atoms with Gasteiger partial charge in [0, 0.05) is 5.56 Å². The minimum absolute atomic E-state index is 0.0821. The molecule has 3 aromatic heterocycles. The zero-order valence-corrected chi connectivity index (χ0v) is 32.5. The molecular weight excluding hydrogens is 751 g/mol. The van der Waals surface area contributed by atoms with Crippen molar-refractivity contribution in [2.45, 2.75) is 38.7 Å². The molecule has 5 aromatic rings. The number of aromatic carboxylic acids is 1. The summed E-state index contributed by atoms with van der Waals surface area (Å²) in [5.74, 6) is 5.15. The Balaban J connectivity index is 1.32. The standard InChI is InChI=1S/C37H40FN8O5PS2/c1-24-21-32(43-44-34(24)42-36-40-28-11-4-5-12-30(28)53-36)46(17-7-10-26(47)23-45(3)18-20-52-50)37-41-33(35(48)49)31(54-37)13-8-19-51-29-15-14-25(22-27(29)38)9-6-16-39-2/h4-5,11-12,14-15,21-22,26,39,47H,7-8,10,13,16-19,23H2,1-3H3,(H,48,49)(H,40,42,44). The molecular formula is C37H40FN8O5PS2. The van der Waals surface area contributed by atoms with Crippen molar-refractivity contribution in [2.75, 3.05) is 57.1 Å². The van der Waals surface area contributed by atoms with Gasteiger partial charge in [-0.15, -0.1) is 0 Å². The summed E-state index contributed by atoms with van der Waals surface area (Å²) in [6.07, 6.45) is 1.03. The van der Waals surface area contributed by atoms with Gasteiger partial charge in [-0.1, -0.05) is 35.3 Å². The molecule has 0 aliphatic carbocycles. The molecule has 0 radical (unpaired) electrons. The van der Waals surface area contributed by atoms with Gasteiger partial charge in [-0.3, -0.25) is 0 Å². The number of aryl methyl sites for hydroxylation is 2. The second kappa shape index (κ2) is 20.1. The number of aliphatic hydroxyl groups excluding tert-OH is 1. The smallest absolute Gasteiger partial charge is 0.476 e. The Morgan fingerprint density at radius 1 is 1.13 bits per heavy atom. The minimum Gasteiger partial charge on any atom is -0.476 e. The number of carboxylic acids is 1. The first-order chi connectivity index (χ1) is 26.1. The first-order valence-corrected chi connectivity index (χ1v) is 19.5. The predicted molar refractivity (Wildman–Crippen MR) is 211 cm³/mol. The molecule has 0 aliphatic heterocycles. The zero-order valence-electron chi connectivity index (χ0n) is 30.0. The number of rotatable bonds is 18. The Hall–Kier alpha value is -4.71. The third kappa shape index (κ3) is 11.4. The number of benzene rings is 2. The summed E-state index contributed by atoms with van der Waals surface area (Å²) in [6, 6.07) is 14.2. The summed E-state index contributed by atoms with van der Waals surface area (Å²) in [5.41, 5.74) is 4.79. The maximum absolute atomic E-state index is 14.7. The molecule has 0 saturated carbocycles. The molecule has 0 bridgehead atoms. The van der Waals surface area contributed by atoms with E-state index in [1.807, 2.05) is 47.1 Å². The predicted octanol–water partition coefficient (Wildman–Crippen LogP) is 6.48. The first-order valence-electron chi connectivity index (χ1n) is 17.1. The van der Waals surface area contributed by atoms with Crippen LogP contribution in [0, 0.1) is 30.2 Å². The fraction of sp³-hybridized carbons (Fsp3) is 0.351. The molecule has 0 saturated heterocycles. The molecule has 0 fully saturated rings. The van der Waals surface area contributed by atoms with Crippen molar-refractivity contribution in [1.82, 2.24) is 30.4 Å². The number of carboxylic acid groups (broad SMARTS) is 1. The number of aliphatic hydroxyl groups is 1. The molecule has 0 spiro atoms. The van der Waals surface area contributed by atoms with Crippen molar-refractivity contribution >= 4 is 68.7 Å². The number of likely N-dealkylation sites (N-methyl/N-ethyl adjacent to an activating group) is 1. The number of hydrogen-bond acceptors (Lipinski definition) is 14. The molecule has 0 amide bonds. The normalized spacial score (nSPS) is 11.5. The van der Waals surface area contributed by atoms with Crippen LogP contribution in [0.2, 0.25) is 0 Å². The molecule has 5 rings (SSSR count). The van der Waals surface area contributed by atoms with Crippen LogP contribution in [0.4, 0.5) is 26.3 Å². The van der Waals surface area contributed by atoms with E-state index < -0.39 is 17.9 Å². The number of ether oxygens (including phenoxy) is 1. The van der Waals surface area contributed by atoms with E-state index in [0.717, 1.165) is 15.8 Å². The quantitative estimate of drug-likeness (QED) is 0.0434. The maximum atomic E-state index is 14.7. The second-order valence-electron chi connectivity index (χ2n) is 12.2. The fourth-order valence-corrected chi connectivity index (χ4v) is 7.64. The van der Waals surface area contributed by atoms with Gasteiger partial charge in [-0.2, -0.15) is 0 Å². The molecule has 1 unspecified atom stereocenters. The molecule has 2 aromatic carbocycles. The van der Waals surface area contributed by atoms with E-state index in [9.17, 15) is 24.0 Å². The number of aromatic nitrogens is 4. The van der Waals surface area contributed by atoms with Crippen LogP contribution in [0.25, 0.3) is 10.2 Å². The fourth-order valence-electron chi connectivity index (χ4n) is 5.35. The Kier molecular flexibility index (Phi) is 15.1. The van der Waals surface area contributed by atoms with Gasteiger partial charge < -0.3 is 20.5 Å². The van der Waals surface area contributed by atoms with E-state index in [1.165, 1.54) is 34.8 Å². The van der Waals surface area contributed by atoms with Gasteiger partial charge >= 0.3 is 144 Å². The Bertz CT molecular complexity index is 2210. The zero-order chi connectivity index (χ0) is 38.5. The third-order valence-electron chi connectivity index (χ3n) is 7.97. The molecule has 4 N–H and O–H groups in total. The van der Waals surface area contributed by atoms with Crippen molar-refractivity contribution in [1.29, 1.82) is 0 Å². The number of carbonyl (C=O) groups is 1. The van der Waals surface area contributed by atoms with E-state index in [0.29, 0.717) is 84.2 Å². The summed E-state index contributed by atoms with van der Waals surface area (Å²) >= 11 is 2.73. The molecule has 282 valence electrons. The number of thiazole rings is 2. The second-order valence-corrected chi connectivity index (χ2v) is 14.8. The van der Waals surface area contributed by atoms with Crippen LogP contribution in [0.15, 0.2) is 48.5 Å². The summed E-state index contributed by atoms with van der Waals surface area (Å²) in [4.78, 5) is 25.7. The van der Waals surface area contributed by atoms with Crippen molar-refractivity contribution in [3.8, 4) is 23.2 Å². The number of halogens is 1. The van der Waals surface area contributed by atoms with E-state index in [-0.39, 0.29) is 26.0 Å². The van der Waals surface area contributed by atoms with Crippen LogP contribution in [0.5, 0.6) is 5.75 Å². The number of fused-ring (bicyclic) bond motifs is 1. The number of hydrogen-bond donors (Lipinski definition) is 4. The number of nitrogens with zero attached hydrogens (tertiary/aromatic N) is 6. The van der Waals surface area contributed by atoms with Crippen molar-refractivity contribution in [3.05, 3.63) is 76.0 Å². The molecule has 3 heterocycles. The van der Waals surface area contributed by atoms with Crippen molar-refractivity contribution < 1.29 is 28.7 Å². The summed E-state index contributed by atoms with van der Waals surface area (Å²) in [6.45, 7) is 3.60. The Labute approximate surface area is 321 Å². The number of nitrogens with one attached hydrogen (secondary N) is 2. The van der Waals surface area contributed by atoms with Crippen LogP contribution in [-0.4, -0.2) is 94.2 Å². The number of anilines is 4. The summed E-state index contributed by atoms with van der Waals surface area (Å²) < 4.78 is 32.1. The third-order valence-corrected chi connectivity index (χ3v) is 10.3. The average Bonchev–Trinajstić information content (AvgIpc) is 3.77. The summed E-state index contributed by atoms with van der Waals surface area (Å²) in [7, 11) is 3.40. The molecule has 54 heavy (non-hydrogen) atoms. The van der Waals surface area contributed by atoms with Gasteiger partial charge in [0.25, 0.3) is 0 Å². The van der Waals surface area contributed by atoms with Crippen LogP contribution < -0.4 is 20.3 Å². The van der Waals surface area contributed by atoms with E-state index >= 15 is 0 Å². The molecule has 17 heteroatoms. The van der Waals surface area contributed by atoms with Crippen molar-refractivity contribution in [2.24, 2.45) is 0 Å². The molecule has 0 aliphatic rings. The molecule has 1 atom stereocenters. The molecule has 13 nitrogen and oxygen atoms in total. The van der Waals surface area contributed by atoms with Crippen LogP contribution in [-0.2, 0) is 11.0 Å². The van der Waals surface area contributed by atoms with E-state index in [2.05, 4.69) is 48.3 Å². The van der Waals surface area contributed by atoms with Crippen LogP contribution in [0.3, 0.4) is 0 Å². The minimum atomic E-state index is -1.17. The van der Waals surface area contributed by atoms with E-state index in [1.54, 1.807) is 20.2 Å². The Morgan fingerprint density at radius 2 is 1.96 bits per heavy atom. The first kappa shape index (κ1) is 40.5. The Morgan fingerprint density at radius 3 is 2.70 bits per heavy atom. The monoisotopic (exact) mass is 790 g/mol. The van der Waals surface area contributed by atoms with Gasteiger partial charge in [0.1, 0.15) is 0 Å². The summed E-state index contributed by atoms with van der Waals surface area (Å²) in [5, 5.41) is 37.0. The average molecular weight is 791 g/mol. The van der Waals surface area contributed by atoms with Crippen molar-refractivity contribution in [3.63, 3.8) is 0 Å². The SMILES string of the molecule is CNCC#Cc1ccc(OCCCc2sc(N(CCCC(O)CN(C)CC#P=O)c3cc(C)c(Nc4nc5ccccc5s4)nn3)nc2C(=O)O)c(F)c1.